The molecule has 0 aromatic heterocycles. The lowest BCUT2D eigenvalue weighted by atomic mass is 9.95. The zero-order valence-electron chi connectivity index (χ0n) is 28.2. The first-order valence-electron chi connectivity index (χ1n) is 16.1. The van der Waals surface area contributed by atoms with E-state index in [-0.39, 0.29) is 49.8 Å². The Hall–Kier alpha value is -4.85. The molecule has 0 radical (unpaired) electrons. The van der Waals surface area contributed by atoms with Crippen molar-refractivity contribution in [3.05, 3.63) is 71.8 Å². The second kappa shape index (κ2) is 21.1. The summed E-state index contributed by atoms with van der Waals surface area (Å²) in [6, 6.07) is 15.7. The van der Waals surface area contributed by atoms with Crippen LogP contribution in [0.5, 0.6) is 0 Å². The number of nitrogens with one attached hydrogen (secondary N) is 4. The van der Waals surface area contributed by atoms with E-state index >= 15 is 0 Å². The minimum Gasteiger partial charge on any atom is -0.445 e. The van der Waals surface area contributed by atoms with Crippen LogP contribution in [0, 0.1) is 11.8 Å². The summed E-state index contributed by atoms with van der Waals surface area (Å²) in [6.07, 6.45) is -1.25. The zero-order valence-corrected chi connectivity index (χ0v) is 28.2. The summed E-state index contributed by atoms with van der Waals surface area (Å²) in [5, 5.41) is 25.3. The van der Waals surface area contributed by atoms with Crippen LogP contribution in [0.25, 0.3) is 0 Å². The monoisotopic (exact) mass is 669 g/mol. The minimum atomic E-state index is -1.17. The third-order valence-electron chi connectivity index (χ3n) is 7.23. The van der Waals surface area contributed by atoms with Gasteiger partial charge in [-0.1, -0.05) is 88.4 Å². The van der Waals surface area contributed by atoms with Gasteiger partial charge in [-0.05, 0) is 41.0 Å². The molecular formula is C34H51N7O7. The Balaban J connectivity index is 2.05. The van der Waals surface area contributed by atoms with Crippen molar-refractivity contribution < 1.29 is 33.9 Å². The minimum absolute atomic E-state index is 0.0207. The third kappa shape index (κ3) is 15.6. The second-order valence-electron chi connectivity index (χ2n) is 12.2. The lowest BCUT2D eigenvalue weighted by Crippen LogP contribution is -2.58. The molecular weight excluding hydrogens is 618 g/mol. The molecule has 0 saturated carbocycles. The standard InChI is InChI=1S/C34H51N7O7/c1-22(2)19-27(28(42)20-29(43)37-17-15-24-11-7-5-8-12-24)38-32(45)30(23(3)4)40-31(44)26(16-18-48-41-33(35)36)39-34(46)47-21-25-13-9-6-10-14-25/h5-14,22-23,26-28,30,42H,15-21H2,1-4H3,(H,37,43)(H,38,45)(H,39,46)(H,40,44)(H4,35,36,41)/t26-,27-,28+,30-/m0/s1. The van der Waals surface area contributed by atoms with Crippen LogP contribution in [-0.4, -0.2) is 72.3 Å². The van der Waals surface area contributed by atoms with Gasteiger partial charge in [-0.15, -0.1) is 0 Å². The number of nitrogens with two attached hydrogens (primary N) is 2. The average Bonchev–Trinajstić information content (AvgIpc) is 3.04. The molecule has 14 nitrogen and oxygen atoms in total. The molecule has 0 aliphatic rings. The Bertz CT molecular complexity index is 1310. The van der Waals surface area contributed by atoms with Gasteiger partial charge in [-0.3, -0.25) is 14.4 Å². The van der Waals surface area contributed by atoms with E-state index in [1.54, 1.807) is 38.1 Å². The van der Waals surface area contributed by atoms with E-state index in [1.165, 1.54) is 0 Å². The van der Waals surface area contributed by atoms with E-state index in [4.69, 9.17) is 21.0 Å². The van der Waals surface area contributed by atoms with Crippen LogP contribution in [0.2, 0.25) is 0 Å². The fourth-order valence-electron chi connectivity index (χ4n) is 4.74. The van der Waals surface area contributed by atoms with Crippen molar-refractivity contribution >= 4 is 29.8 Å². The van der Waals surface area contributed by atoms with Crippen molar-refractivity contribution in [2.24, 2.45) is 28.5 Å². The highest BCUT2D eigenvalue weighted by Crippen LogP contribution is 2.13. The lowest BCUT2D eigenvalue weighted by molar-refractivity contribution is -0.132. The van der Waals surface area contributed by atoms with Crippen molar-refractivity contribution in [2.45, 2.75) is 84.2 Å². The van der Waals surface area contributed by atoms with Crippen LogP contribution in [0.4, 0.5) is 4.79 Å². The number of benzene rings is 2. The van der Waals surface area contributed by atoms with Gasteiger partial charge in [-0.2, -0.15) is 0 Å². The van der Waals surface area contributed by atoms with Crippen LogP contribution >= 0.6 is 0 Å². The van der Waals surface area contributed by atoms with Crippen LogP contribution in [0.3, 0.4) is 0 Å². The molecule has 2 aromatic carbocycles. The molecule has 2 aromatic rings. The van der Waals surface area contributed by atoms with Gasteiger partial charge in [0, 0.05) is 13.0 Å². The van der Waals surface area contributed by atoms with Crippen molar-refractivity contribution in [3.63, 3.8) is 0 Å². The molecule has 0 fully saturated rings. The molecule has 0 saturated heterocycles. The van der Waals surface area contributed by atoms with Gasteiger partial charge in [0.05, 0.1) is 18.6 Å². The Morgan fingerprint density at radius 3 is 2.06 bits per heavy atom. The topological polar surface area (TPSA) is 219 Å². The number of hydrogen-bond donors (Lipinski definition) is 7. The van der Waals surface area contributed by atoms with E-state index in [1.807, 2.05) is 50.2 Å². The number of hydrogen-bond acceptors (Lipinski definition) is 8. The quantitative estimate of drug-likeness (QED) is 0.0471. The summed E-state index contributed by atoms with van der Waals surface area (Å²) < 4.78 is 5.27. The number of aliphatic hydroxyl groups excluding tert-OH is 1. The predicted molar refractivity (Wildman–Crippen MR) is 182 cm³/mol. The maximum absolute atomic E-state index is 13.6. The summed E-state index contributed by atoms with van der Waals surface area (Å²) in [6.45, 7) is 7.62. The van der Waals surface area contributed by atoms with Crippen molar-refractivity contribution in [1.82, 2.24) is 21.3 Å². The fourth-order valence-corrected chi connectivity index (χ4v) is 4.74. The van der Waals surface area contributed by atoms with E-state index in [0.29, 0.717) is 19.4 Å². The molecule has 264 valence electrons. The number of amides is 4. The Kier molecular flexibility index (Phi) is 17.3. The van der Waals surface area contributed by atoms with Gasteiger partial charge in [0.2, 0.25) is 23.7 Å². The van der Waals surface area contributed by atoms with Gasteiger partial charge in [0.25, 0.3) is 0 Å². The number of alkyl carbamates (subject to hydrolysis) is 1. The first-order chi connectivity index (χ1) is 22.8. The number of ether oxygens (including phenoxy) is 1. The van der Waals surface area contributed by atoms with Crippen LogP contribution < -0.4 is 32.7 Å². The highest BCUT2D eigenvalue weighted by atomic mass is 16.6. The highest BCUT2D eigenvalue weighted by molar-refractivity contribution is 5.91. The van der Waals surface area contributed by atoms with E-state index in [2.05, 4.69) is 26.4 Å². The van der Waals surface area contributed by atoms with Crippen LogP contribution in [0.1, 0.15) is 58.1 Å². The van der Waals surface area contributed by atoms with Crippen LogP contribution in [0.15, 0.2) is 65.8 Å². The smallest absolute Gasteiger partial charge is 0.408 e. The number of oxime groups is 1. The summed E-state index contributed by atoms with van der Waals surface area (Å²) >= 11 is 0. The zero-order chi connectivity index (χ0) is 35.5. The summed E-state index contributed by atoms with van der Waals surface area (Å²) in [7, 11) is 0. The predicted octanol–water partition coefficient (Wildman–Crippen LogP) is 1.66. The number of aliphatic hydroxyl groups is 1. The molecule has 48 heavy (non-hydrogen) atoms. The average molecular weight is 670 g/mol. The number of guanidine groups is 1. The number of rotatable bonds is 20. The normalized spacial score (nSPS) is 13.4. The first-order valence-corrected chi connectivity index (χ1v) is 16.1. The van der Waals surface area contributed by atoms with Crippen molar-refractivity contribution in [2.75, 3.05) is 13.2 Å². The molecule has 14 heteroatoms. The third-order valence-corrected chi connectivity index (χ3v) is 7.23. The van der Waals surface area contributed by atoms with Gasteiger partial charge in [0.1, 0.15) is 25.3 Å². The molecule has 0 aliphatic carbocycles. The van der Waals surface area contributed by atoms with Crippen molar-refractivity contribution in [1.29, 1.82) is 0 Å². The molecule has 0 heterocycles. The Morgan fingerprint density at radius 1 is 0.854 bits per heavy atom. The summed E-state index contributed by atoms with van der Waals surface area (Å²) in [5.41, 5.74) is 12.4. The molecule has 0 unspecified atom stereocenters. The molecule has 2 rings (SSSR count). The summed E-state index contributed by atoms with van der Waals surface area (Å²) in [5.74, 6) is -2.17. The van der Waals surface area contributed by atoms with Gasteiger partial charge in [-0.25, -0.2) is 4.79 Å². The van der Waals surface area contributed by atoms with E-state index in [9.17, 15) is 24.3 Å². The Labute approximate surface area is 282 Å². The van der Waals surface area contributed by atoms with Gasteiger partial charge < -0.3 is 47.4 Å². The molecule has 0 aliphatic heterocycles. The fraction of sp³-hybridized carbons (Fsp3) is 0.500. The SMILES string of the molecule is CC(C)C[C@H](NC(=O)[C@@H](NC(=O)[C@H](CCON=C(N)N)NC(=O)OCc1ccccc1)C(C)C)[C@H](O)CC(=O)NCCc1ccccc1. The number of nitrogens with zero attached hydrogens (tertiary/aromatic N) is 1. The maximum Gasteiger partial charge on any atom is 0.408 e. The highest BCUT2D eigenvalue weighted by Gasteiger charge is 2.32. The number of carbonyl (C=O) groups is 4. The van der Waals surface area contributed by atoms with Crippen LogP contribution in [-0.2, 0) is 37.0 Å². The van der Waals surface area contributed by atoms with Gasteiger partial charge >= 0.3 is 6.09 Å². The largest absolute Gasteiger partial charge is 0.445 e. The lowest BCUT2D eigenvalue weighted by Gasteiger charge is -2.30. The molecule has 4 amide bonds. The van der Waals surface area contributed by atoms with Crippen molar-refractivity contribution in [3.8, 4) is 0 Å². The molecule has 9 N–H and O–H groups in total. The molecule has 0 bridgehead atoms. The molecule has 0 spiro atoms. The maximum atomic E-state index is 13.6. The van der Waals surface area contributed by atoms with Gasteiger partial charge in [0.15, 0.2) is 0 Å². The van der Waals surface area contributed by atoms with E-state index < -0.39 is 42.1 Å². The summed E-state index contributed by atoms with van der Waals surface area (Å²) in [4.78, 5) is 57.2. The molecule has 4 atom stereocenters. The number of carbonyl (C=O) groups excluding carboxylic acids is 4. The van der Waals surface area contributed by atoms with E-state index in [0.717, 1.165) is 11.1 Å². The first kappa shape index (κ1) is 39.3. The Morgan fingerprint density at radius 2 is 1.48 bits per heavy atom. The second-order valence-corrected chi connectivity index (χ2v) is 12.2.